The van der Waals surface area contributed by atoms with Crippen LogP contribution in [-0.2, 0) is 9.53 Å². The highest BCUT2D eigenvalue weighted by atomic mass is 16.5. The van der Waals surface area contributed by atoms with Gasteiger partial charge in [0.25, 0.3) is 0 Å². The van der Waals surface area contributed by atoms with Crippen LogP contribution in [0.1, 0.15) is 33.1 Å². The van der Waals surface area contributed by atoms with Gasteiger partial charge in [-0.2, -0.15) is 0 Å². The van der Waals surface area contributed by atoms with E-state index in [1.54, 1.807) is 0 Å². The highest BCUT2D eigenvalue weighted by molar-refractivity contribution is 5.70. The number of rotatable bonds is 5. The molecule has 1 unspecified atom stereocenters. The van der Waals surface area contributed by atoms with E-state index >= 15 is 0 Å². The van der Waals surface area contributed by atoms with E-state index in [0.717, 1.165) is 19.4 Å². The molecule has 4 heteroatoms. The number of likely N-dealkylation sites (tertiary alicyclic amines) is 1. The second-order valence-electron chi connectivity index (χ2n) is 4.07. The first-order valence-corrected chi connectivity index (χ1v) is 5.71. The van der Waals surface area contributed by atoms with Crippen molar-refractivity contribution in [1.82, 2.24) is 4.90 Å². The number of hydrogen-bond acceptors (Lipinski definition) is 4. The van der Waals surface area contributed by atoms with Crippen LogP contribution in [0.5, 0.6) is 0 Å². The normalized spacial score (nSPS) is 24.1. The van der Waals surface area contributed by atoms with Gasteiger partial charge in [0, 0.05) is 12.1 Å². The Labute approximate surface area is 91.2 Å². The van der Waals surface area contributed by atoms with Crippen LogP contribution in [0, 0.1) is 0 Å². The first-order chi connectivity index (χ1) is 7.19. The first kappa shape index (κ1) is 12.5. The second kappa shape index (κ2) is 6.08. The van der Waals surface area contributed by atoms with E-state index in [-0.39, 0.29) is 24.7 Å². The van der Waals surface area contributed by atoms with Crippen LogP contribution >= 0.6 is 0 Å². The molecular formula is C11H21NO3. The minimum absolute atomic E-state index is 0.145. The Morgan fingerprint density at radius 1 is 1.67 bits per heavy atom. The highest BCUT2D eigenvalue weighted by Gasteiger charge is 2.28. The number of aliphatic hydroxyl groups excluding tert-OH is 1. The summed E-state index contributed by atoms with van der Waals surface area (Å²) in [7, 11) is 0. The molecule has 0 aromatic carbocycles. The fourth-order valence-corrected chi connectivity index (χ4v) is 2.21. The lowest BCUT2D eigenvalue weighted by molar-refractivity contribution is -0.144. The summed E-state index contributed by atoms with van der Waals surface area (Å²) in [5, 5.41) is 9.16. The fraction of sp³-hybridized carbons (Fsp3) is 0.909. The predicted octanol–water partition coefficient (Wildman–Crippen LogP) is 0.785. The molecule has 1 saturated heterocycles. The van der Waals surface area contributed by atoms with Gasteiger partial charge in [0.15, 0.2) is 0 Å². The van der Waals surface area contributed by atoms with Crippen molar-refractivity contribution in [2.75, 3.05) is 19.8 Å². The summed E-state index contributed by atoms with van der Waals surface area (Å²) < 4.78 is 4.91. The zero-order valence-corrected chi connectivity index (χ0v) is 9.61. The Morgan fingerprint density at radius 3 is 3.00 bits per heavy atom. The Bertz CT molecular complexity index is 208. The van der Waals surface area contributed by atoms with Gasteiger partial charge >= 0.3 is 5.97 Å². The van der Waals surface area contributed by atoms with Gasteiger partial charge in [-0.1, -0.05) is 0 Å². The molecule has 88 valence electrons. The van der Waals surface area contributed by atoms with Crippen molar-refractivity contribution in [3.05, 3.63) is 0 Å². The average molecular weight is 215 g/mol. The largest absolute Gasteiger partial charge is 0.466 e. The molecule has 0 radical (unpaired) electrons. The highest BCUT2D eigenvalue weighted by Crippen LogP contribution is 2.21. The summed E-state index contributed by atoms with van der Waals surface area (Å²) in [4.78, 5) is 13.5. The van der Waals surface area contributed by atoms with Crippen LogP contribution in [-0.4, -0.2) is 47.8 Å². The van der Waals surface area contributed by atoms with Crippen LogP contribution in [0.3, 0.4) is 0 Å². The lowest BCUT2D eigenvalue weighted by atomic mass is 10.1. The van der Waals surface area contributed by atoms with Crippen molar-refractivity contribution >= 4 is 5.97 Å². The third-order valence-corrected chi connectivity index (χ3v) is 2.97. The van der Waals surface area contributed by atoms with Crippen molar-refractivity contribution in [3.63, 3.8) is 0 Å². The zero-order chi connectivity index (χ0) is 11.3. The van der Waals surface area contributed by atoms with Crippen molar-refractivity contribution in [2.45, 2.75) is 45.2 Å². The van der Waals surface area contributed by atoms with Crippen molar-refractivity contribution in [2.24, 2.45) is 0 Å². The molecule has 2 atom stereocenters. The van der Waals surface area contributed by atoms with Gasteiger partial charge in [0.05, 0.1) is 19.6 Å². The summed E-state index contributed by atoms with van der Waals surface area (Å²) in [5.74, 6) is -0.145. The third kappa shape index (κ3) is 3.47. The molecule has 0 aromatic heterocycles. The maximum atomic E-state index is 11.3. The molecule has 1 aliphatic heterocycles. The second-order valence-corrected chi connectivity index (χ2v) is 4.07. The van der Waals surface area contributed by atoms with Crippen LogP contribution in [0.2, 0.25) is 0 Å². The molecule has 4 nitrogen and oxygen atoms in total. The van der Waals surface area contributed by atoms with Gasteiger partial charge in [-0.25, -0.2) is 0 Å². The third-order valence-electron chi connectivity index (χ3n) is 2.97. The Morgan fingerprint density at radius 2 is 2.40 bits per heavy atom. The number of hydrogen-bond donors (Lipinski definition) is 1. The smallest absolute Gasteiger partial charge is 0.307 e. The van der Waals surface area contributed by atoms with Crippen LogP contribution in [0.4, 0.5) is 0 Å². The molecule has 0 bridgehead atoms. The maximum Gasteiger partial charge on any atom is 0.307 e. The number of ether oxygens (including phenoxy) is 1. The molecule has 1 fully saturated rings. The number of esters is 1. The Kier molecular flexibility index (Phi) is 5.05. The van der Waals surface area contributed by atoms with Gasteiger partial charge < -0.3 is 9.84 Å². The van der Waals surface area contributed by atoms with Crippen LogP contribution in [0.15, 0.2) is 0 Å². The molecule has 1 N–H and O–H groups in total. The molecule has 0 aromatic rings. The molecule has 1 rings (SSSR count). The SMILES string of the molecule is CCOC(=O)CC(C)N1CCC[C@@H]1CO. The van der Waals surface area contributed by atoms with Crippen molar-refractivity contribution in [3.8, 4) is 0 Å². The number of carbonyl (C=O) groups excluding carboxylic acids is 1. The maximum absolute atomic E-state index is 11.3. The monoisotopic (exact) mass is 215 g/mol. The number of aliphatic hydroxyl groups is 1. The standard InChI is InChI=1S/C11H21NO3/c1-3-15-11(14)7-9(2)12-6-4-5-10(12)8-13/h9-10,13H,3-8H2,1-2H3/t9?,10-/m1/s1. The zero-order valence-electron chi connectivity index (χ0n) is 9.61. The lowest BCUT2D eigenvalue weighted by Crippen LogP contribution is -2.40. The lowest BCUT2D eigenvalue weighted by Gasteiger charge is -2.28. The number of carbonyl (C=O) groups is 1. The van der Waals surface area contributed by atoms with Gasteiger partial charge in [-0.15, -0.1) is 0 Å². The van der Waals surface area contributed by atoms with Gasteiger partial charge in [0.1, 0.15) is 0 Å². The minimum atomic E-state index is -0.145. The summed E-state index contributed by atoms with van der Waals surface area (Å²) in [6.07, 6.45) is 2.56. The first-order valence-electron chi connectivity index (χ1n) is 5.71. The molecular weight excluding hydrogens is 194 g/mol. The van der Waals surface area contributed by atoms with E-state index < -0.39 is 0 Å². The van der Waals surface area contributed by atoms with E-state index in [2.05, 4.69) is 4.90 Å². The van der Waals surface area contributed by atoms with Crippen molar-refractivity contribution < 1.29 is 14.6 Å². The Balaban J connectivity index is 2.38. The molecule has 1 heterocycles. The minimum Gasteiger partial charge on any atom is -0.466 e. The average Bonchev–Trinajstić information content (AvgIpc) is 2.65. The molecule has 1 aliphatic rings. The van der Waals surface area contributed by atoms with E-state index in [1.807, 2.05) is 13.8 Å². The molecule has 0 spiro atoms. The summed E-state index contributed by atoms with van der Waals surface area (Å²) in [6, 6.07) is 0.401. The predicted molar refractivity (Wildman–Crippen MR) is 57.5 cm³/mol. The molecule has 0 amide bonds. The van der Waals surface area contributed by atoms with E-state index in [9.17, 15) is 4.79 Å². The fourth-order valence-electron chi connectivity index (χ4n) is 2.21. The van der Waals surface area contributed by atoms with Gasteiger partial charge in [-0.05, 0) is 33.2 Å². The van der Waals surface area contributed by atoms with Crippen molar-refractivity contribution in [1.29, 1.82) is 0 Å². The molecule has 15 heavy (non-hydrogen) atoms. The van der Waals surface area contributed by atoms with Gasteiger partial charge in [-0.3, -0.25) is 9.69 Å². The Hall–Kier alpha value is -0.610. The molecule has 0 aliphatic carbocycles. The van der Waals surface area contributed by atoms with E-state index in [4.69, 9.17) is 9.84 Å². The van der Waals surface area contributed by atoms with Gasteiger partial charge in [0.2, 0.25) is 0 Å². The van der Waals surface area contributed by atoms with Crippen LogP contribution in [0.25, 0.3) is 0 Å². The van der Waals surface area contributed by atoms with E-state index in [1.165, 1.54) is 0 Å². The summed E-state index contributed by atoms with van der Waals surface area (Å²) >= 11 is 0. The summed E-state index contributed by atoms with van der Waals surface area (Å²) in [6.45, 7) is 5.44. The topological polar surface area (TPSA) is 49.8 Å². The number of nitrogens with zero attached hydrogens (tertiary/aromatic N) is 1. The molecule has 0 saturated carbocycles. The quantitative estimate of drug-likeness (QED) is 0.689. The summed E-state index contributed by atoms with van der Waals surface area (Å²) in [5.41, 5.74) is 0. The van der Waals surface area contributed by atoms with Crippen LogP contribution < -0.4 is 0 Å². The van der Waals surface area contributed by atoms with E-state index in [0.29, 0.717) is 13.0 Å².